The largest absolute Gasteiger partial charge is 0.478 e. The number of aliphatic carboxylic acids is 1. The maximum atomic E-state index is 10.6. The van der Waals surface area contributed by atoms with Gasteiger partial charge in [0.15, 0.2) is 0 Å². The van der Waals surface area contributed by atoms with Crippen molar-refractivity contribution in [3.05, 3.63) is 71.9 Å². The summed E-state index contributed by atoms with van der Waals surface area (Å²) in [4.78, 5) is 15.2. The SMILES string of the molecule is C=C/C(=C\C=C\CC(=C)C(=O)O)CC=NC1C=CC(Cl)=CC1NC. The van der Waals surface area contributed by atoms with Crippen LogP contribution in [0, 0.1) is 0 Å². The zero-order chi connectivity index (χ0) is 17.9. The van der Waals surface area contributed by atoms with Crippen molar-refractivity contribution in [3.63, 3.8) is 0 Å². The van der Waals surface area contributed by atoms with Crippen molar-refractivity contribution >= 4 is 23.8 Å². The van der Waals surface area contributed by atoms with Crippen LogP contribution in [-0.2, 0) is 4.79 Å². The fourth-order valence-electron chi connectivity index (χ4n) is 2.02. The smallest absolute Gasteiger partial charge is 0.331 e. The molecule has 2 N–H and O–H groups in total. The van der Waals surface area contributed by atoms with Crippen LogP contribution in [-0.4, -0.2) is 36.4 Å². The lowest BCUT2D eigenvalue weighted by molar-refractivity contribution is -0.132. The first-order valence-electron chi connectivity index (χ1n) is 7.61. The van der Waals surface area contributed by atoms with E-state index in [4.69, 9.17) is 16.7 Å². The fourth-order valence-corrected chi connectivity index (χ4v) is 2.23. The van der Waals surface area contributed by atoms with Gasteiger partial charge in [0.1, 0.15) is 0 Å². The van der Waals surface area contributed by atoms with Crippen molar-refractivity contribution in [1.82, 2.24) is 5.32 Å². The van der Waals surface area contributed by atoms with Crippen LogP contribution in [0.4, 0.5) is 0 Å². The quantitative estimate of drug-likeness (QED) is 0.379. The van der Waals surface area contributed by atoms with E-state index in [2.05, 4.69) is 23.5 Å². The molecule has 1 aliphatic rings. The summed E-state index contributed by atoms with van der Waals surface area (Å²) in [5.41, 5.74) is 1.15. The van der Waals surface area contributed by atoms with E-state index >= 15 is 0 Å². The molecular formula is C19H23ClN2O2. The van der Waals surface area contributed by atoms with E-state index in [-0.39, 0.29) is 17.7 Å². The van der Waals surface area contributed by atoms with Crippen molar-refractivity contribution in [3.8, 4) is 0 Å². The molecule has 0 radical (unpaired) electrons. The van der Waals surface area contributed by atoms with Crippen LogP contribution >= 0.6 is 11.6 Å². The zero-order valence-electron chi connectivity index (χ0n) is 13.8. The molecule has 1 rings (SSSR count). The van der Waals surface area contributed by atoms with Gasteiger partial charge in [0.2, 0.25) is 0 Å². The van der Waals surface area contributed by atoms with Crippen LogP contribution in [0.25, 0.3) is 0 Å². The number of hydrogen-bond donors (Lipinski definition) is 2. The lowest BCUT2D eigenvalue weighted by Crippen LogP contribution is -2.35. The zero-order valence-corrected chi connectivity index (χ0v) is 14.5. The topological polar surface area (TPSA) is 61.7 Å². The first-order chi connectivity index (χ1) is 11.5. The maximum absolute atomic E-state index is 10.6. The molecular weight excluding hydrogens is 324 g/mol. The van der Waals surface area contributed by atoms with Crippen LogP contribution in [0.1, 0.15) is 12.8 Å². The molecule has 5 heteroatoms. The number of hydrogen-bond acceptors (Lipinski definition) is 3. The summed E-state index contributed by atoms with van der Waals surface area (Å²) in [6.07, 6.45) is 15.8. The third kappa shape index (κ3) is 6.94. The first kappa shape index (κ1) is 19.9. The Kier molecular flexibility index (Phi) is 8.76. The number of nitrogens with one attached hydrogen (secondary N) is 1. The van der Waals surface area contributed by atoms with Crippen molar-refractivity contribution < 1.29 is 9.90 Å². The Labute approximate surface area is 148 Å². The molecule has 128 valence electrons. The molecule has 0 saturated heterocycles. The average Bonchev–Trinajstić information content (AvgIpc) is 2.57. The number of halogens is 1. The molecule has 0 aliphatic heterocycles. The summed E-state index contributed by atoms with van der Waals surface area (Å²) < 4.78 is 0. The average molecular weight is 347 g/mol. The summed E-state index contributed by atoms with van der Waals surface area (Å²) >= 11 is 5.98. The van der Waals surface area contributed by atoms with E-state index in [9.17, 15) is 4.79 Å². The second-order valence-electron chi connectivity index (χ2n) is 5.24. The Hall–Kier alpha value is -2.17. The minimum Gasteiger partial charge on any atom is -0.478 e. The third-order valence-electron chi connectivity index (χ3n) is 3.47. The molecule has 2 unspecified atom stereocenters. The van der Waals surface area contributed by atoms with Gasteiger partial charge in [0, 0.05) is 23.2 Å². The second kappa shape index (κ2) is 10.6. The summed E-state index contributed by atoms with van der Waals surface area (Å²) in [5, 5.41) is 12.6. The van der Waals surface area contributed by atoms with Crippen molar-refractivity contribution in [2.24, 2.45) is 4.99 Å². The second-order valence-corrected chi connectivity index (χ2v) is 5.67. The van der Waals surface area contributed by atoms with Gasteiger partial charge in [-0.15, -0.1) is 0 Å². The minimum absolute atomic E-state index is 0.0120. The maximum Gasteiger partial charge on any atom is 0.331 e. The number of likely N-dealkylation sites (N-methyl/N-ethyl adjacent to an activating group) is 1. The van der Waals surface area contributed by atoms with Gasteiger partial charge in [-0.1, -0.05) is 55.1 Å². The molecule has 0 spiro atoms. The van der Waals surface area contributed by atoms with Crippen molar-refractivity contribution in [2.75, 3.05) is 7.05 Å². The number of allylic oxidation sites excluding steroid dienone is 7. The number of nitrogens with zero attached hydrogens (tertiary/aromatic N) is 1. The number of carboxylic acids is 1. The van der Waals surface area contributed by atoms with Gasteiger partial charge in [0.25, 0.3) is 0 Å². The van der Waals surface area contributed by atoms with E-state index < -0.39 is 5.97 Å². The van der Waals surface area contributed by atoms with Crippen LogP contribution in [0.2, 0.25) is 0 Å². The highest BCUT2D eigenvalue weighted by Gasteiger charge is 2.17. The van der Waals surface area contributed by atoms with Gasteiger partial charge in [-0.2, -0.15) is 0 Å². The van der Waals surface area contributed by atoms with Gasteiger partial charge < -0.3 is 10.4 Å². The Bertz CT molecular complexity index is 627. The molecule has 1 aliphatic carbocycles. The number of aliphatic imine (C=N–C) groups is 1. The molecule has 0 saturated carbocycles. The Morgan fingerprint density at radius 3 is 2.88 bits per heavy atom. The molecule has 0 aromatic carbocycles. The number of carboxylic acid groups (broad SMARTS) is 1. The van der Waals surface area contributed by atoms with Crippen molar-refractivity contribution in [2.45, 2.75) is 24.9 Å². The number of carbonyl (C=O) groups is 1. The van der Waals surface area contributed by atoms with E-state index in [1.54, 1.807) is 18.2 Å². The first-order valence-corrected chi connectivity index (χ1v) is 7.99. The standard InChI is InChI=1S/C19H23ClN2O2/c1-4-15(8-6-5-7-14(2)19(23)24)11-12-22-17-10-9-16(20)13-18(17)21-3/h4-6,8-10,12-13,17-18,21H,1-2,7,11H2,3H3,(H,23,24)/b6-5+,15-8+,22-12?. The van der Waals surface area contributed by atoms with Crippen molar-refractivity contribution in [1.29, 1.82) is 0 Å². The normalized spacial score (nSPS) is 21.2. The summed E-state index contributed by atoms with van der Waals surface area (Å²) in [5.74, 6) is -0.978. The molecule has 24 heavy (non-hydrogen) atoms. The van der Waals surface area contributed by atoms with E-state index in [1.165, 1.54) is 0 Å². The van der Waals surface area contributed by atoms with Gasteiger partial charge in [-0.25, -0.2) is 4.79 Å². The highest BCUT2D eigenvalue weighted by Crippen LogP contribution is 2.16. The molecule has 0 heterocycles. The molecule has 0 bridgehead atoms. The minimum atomic E-state index is -0.978. The van der Waals surface area contributed by atoms with Gasteiger partial charge >= 0.3 is 5.97 Å². The Morgan fingerprint density at radius 2 is 2.25 bits per heavy atom. The Morgan fingerprint density at radius 1 is 1.50 bits per heavy atom. The van der Waals surface area contributed by atoms with E-state index in [1.807, 2.05) is 37.6 Å². The van der Waals surface area contributed by atoms with E-state index in [0.29, 0.717) is 17.9 Å². The molecule has 0 aromatic heterocycles. The lowest BCUT2D eigenvalue weighted by atomic mass is 10.0. The summed E-state index contributed by atoms with van der Waals surface area (Å²) in [7, 11) is 1.87. The van der Waals surface area contributed by atoms with Crippen LogP contribution in [0.15, 0.2) is 76.9 Å². The highest BCUT2D eigenvalue weighted by atomic mass is 35.5. The summed E-state index contributed by atoms with van der Waals surface area (Å²) in [6.45, 7) is 7.25. The third-order valence-corrected chi connectivity index (χ3v) is 3.72. The monoisotopic (exact) mass is 346 g/mol. The predicted octanol–water partition coefficient (Wildman–Crippen LogP) is 3.80. The Balaban J connectivity index is 2.56. The van der Waals surface area contributed by atoms with Gasteiger partial charge in [-0.3, -0.25) is 4.99 Å². The molecule has 0 aromatic rings. The molecule has 0 fully saturated rings. The molecule has 4 nitrogen and oxygen atoms in total. The molecule has 0 amide bonds. The molecule has 2 atom stereocenters. The van der Waals surface area contributed by atoms with E-state index in [0.717, 1.165) is 5.57 Å². The summed E-state index contributed by atoms with van der Waals surface area (Å²) in [6, 6.07) is 0.0924. The van der Waals surface area contributed by atoms with Gasteiger partial charge in [0.05, 0.1) is 12.1 Å². The van der Waals surface area contributed by atoms with Gasteiger partial charge in [-0.05, 0) is 31.2 Å². The highest BCUT2D eigenvalue weighted by molar-refractivity contribution is 6.31. The fraction of sp³-hybridized carbons (Fsp3) is 0.263. The van der Waals surface area contributed by atoms with Crippen LogP contribution in [0.3, 0.4) is 0 Å². The van der Waals surface area contributed by atoms with Crippen LogP contribution in [0.5, 0.6) is 0 Å². The predicted molar refractivity (Wildman–Crippen MR) is 102 cm³/mol. The lowest BCUT2D eigenvalue weighted by Gasteiger charge is -2.21. The van der Waals surface area contributed by atoms with Crippen LogP contribution < -0.4 is 5.32 Å². The number of rotatable bonds is 9.